The summed E-state index contributed by atoms with van der Waals surface area (Å²) < 4.78 is 0. The molecule has 1 aromatic rings. The van der Waals surface area contributed by atoms with Crippen LogP contribution in [0.4, 0.5) is 0 Å². The van der Waals surface area contributed by atoms with Gasteiger partial charge in [-0.1, -0.05) is 24.2 Å². The lowest BCUT2D eigenvalue weighted by Crippen LogP contribution is -2.24. The summed E-state index contributed by atoms with van der Waals surface area (Å²) in [4.78, 5) is 11.5. The van der Waals surface area contributed by atoms with E-state index >= 15 is 0 Å². The number of hydrogen-bond donors (Lipinski definition) is 2. The van der Waals surface area contributed by atoms with Gasteiger partial charge in [0.2, 0.25) is 0 Å². The van der Waals surface area contributed by atoms with Gasteiger partial charge in [-0.2, -0.15) is 0 Å². The average molecular weight is 226 g/mol. The molecule has 0 aliphatic carbocycles. The number of carbonyl (C=O) groups is 1. The molecular formula is C11H12ClNO2. The number of aromatic hydroxyl groups is 1. The molecule has 1 rings (SSSR count). The third-order valence-corrected chi connectivity index (χ3v) is 1.97. The molecule has 4 heteroatoms. The van der Waals surface area contributed by atoms with Crippen molar-refractivity contribution < 1.29 is 9.90 Å². The molecule has 0 aliphatic rings. The van der Waals surface area contributed by atoms with Gasteiger partial charge in [0.15, 0.2) is 0 Å². The van der Waals surface area contributed by atoms with Crippen LogP contribution in [0.1, 0.15) is 15.9 Å². The van der Waals surface area contributed by atoms with Gasteiger partial charge in [0.05, 0.1) is 12.1 Å². The summed E-state index contributed by atoms with van der Waals surface area (Å²) in [5, 5.41) is 12.4. The SMILES string of the molecule is C=C(Cl)CNC(=O)c1ccc(C)cc1O. The zero-order valence-electron chi connectivity index (χ0n) is 8.38. The number of phenolic OH excluding ortho intramolecular Hbond substituents is 1. The number of hydrogen-bond acceptors (Lipinski definition) is 2. The Kier molecular flexibility index (Phi) is 3.74. The Balaban J connectivity index is 2.78. The zero-order valence-corrected chi connectivity index (χ0v) is 9.14. The lowest BCUT2D eigenvalue weighted by Gasteiger charge is -2.06. The Morgan fingerprint density at radius 2 is 2.27 bits per heavy atom. The van der Waals surface area contributed by atoms with E-state index in [-0.39, 0.29) is 23.8 Å². The Bertz CT molecular complexity index is 402. The summed E-state index contributed by atoms with van der Waals surface area (Å²) >= 11 is 5.50. The van der Waals surface area contributed by atoms with Gasteiger partial charge in [0.25, 0.3) is 5.91 Å². The molecular weight excluding hydrogens is 214 g/mol. The number of carbonyl (C=O) groups excluding carboxylic acids is 1. The molecule has 1 amide bonds. The maximum Gasteiger partial charge on any atom is 0.255 e. The molecule has 80 valence electrons. The molecule has 0 unspecified atom stereocenters. The zero-order chi connectivity index (χ0) is 11.4. The summed E-state index contributed by atoms with van der Waals surface area (Å²) in [5.74, 6) is -0.401. The predicted octanol–water partition coefficient (Wildman–Crippen LogP) is 2.18. The summed E-state index contributed by atoms with van der Waals surface area (Å²) in [6, 6.07) is 4.85. The van der Waals surface area contributed by atoms with E-state index in [9.17, 15) is 9.90 Å². The van der Waals surface area contributed by atoms with E-state index < -0.39 is 0 Å². The minimum atomic E-state index is -0.366. The summed E-state index contributed by atoms with van der Waals surface area (Å²) in [7, 11) is 0. The van der Waals surface area contributed by atoms with E-state index in [1.54, 1.807) is 12.1 Å². The lowest BCUT2D eigenvalue weighted by molar-refractivity contribution is 0.0955. The van der Waals surface area contributed by atoms with Crippen LogP contribution < -0.4 is 5.32 Å². The van der Waals surface area contributed by atoms with Gasteiger partial charge >= 0.3 is 0 Å². The topological polar surface area (TPSA) is 49.3 Å². The molecule has 0 spiro atoms. The van der Waals surface area contributed by atoms with E-state index in [4.69, 9.17) is 11.6 Å². The largest absolute Gasteiger partial charge is 0.507 e. The summed E-state index contributed by atoms with van der Waals surface area (Å²) in [5.41, 5.74) is 1.13. The van der Waals surface area contributed by atoms with Gasteiger partial charge in [-0.3, -0.25) is 4.79 Å². The normalized spacial score (nSPS) is 9.73. The number of benzene rings is 1. The molecule has 0 atom stereocenters. The van der Waals surface area contributed by atoms with Crippen molar-refractivity contribution >= 4 is 17.5 Å². The van der Waals surface area contributed by atoms with Crippen LogP contribution in [-0.2, 0) is 0 Å². The van der Waals surface area contributed by atoms with Crippen molar-refractivity contribution in [2.24, 2.45) is 0 Å². The van der Waals surface area contributed by atoms with E-state index in [1.165, 1.54) is 6.07 Å². The number of aryl methyl sites for hydroxylation is 1. The Hall–Kier alpha value is -1.48. The lowest BCUT2D eigenvalue weighted by atomic mass is 10.1. The van der Waals surface area contributed by atoms with Crippen molar-refractivity contribution in [3.8, 4) is 5.75 Å². The second-order valence-electron chi connectivity index (χ2n) is 3.22. The first-order valence-corrected chi connectivity index (χ1v) is 4.79. The van der Waals surface area contributed by atoms with Crippen molar-refractivity contribution in [1.82, 2.24) is 5.32 Å². The Labute approximate surface area is 93.4 Å². The number of amides is 1. The van der Waals surface area contributed by atoms with Gasteiger partial charge in [0, 0.05) is 5.03 Å². The van der Waals surface area contributed by atoms with Crippen molar-refractivity contribution in [3.63, 3.8) is 0 Å². The van der Waals surface area contributed by atoms with Crippen LogP contribution in [0.5, 0.6) is 5.75 Å². The Morgan fingerprint density at radius 3 is 2.80 bits per heavy atom. The minimum Gasteiger partial charge on any atom is -0.507 e. The van der Waals surface area contributed by atoms with Crippen molar-refractivity contribution in [3.05, 3.63) is 40.9 Å². The Morgan fingerprint density at radius 1 is 1.60 bits per heavy atom. The van der Waals surface area contributed by atoms with Crippen LogP contribution in [0.3, 0.4) is 0 Å². The third-order valence-electron chi connectivity index (χ3n) is 1.84. The maximum absolute atomic E-state index is 11.5. The van der Waals surface area contributed by atoms with Crippen molar-refractivity contribution in [2.75, 3.05) is 6.54 Å². The molecule has 0 aliphatic heterocycles. The van der Waals surface area contributed by atoms with Crippen LogP contribution in [0, 0.1) is 6.92 Å². The average Bonchev–Trinajstić information content (AvgIpc) is 2.14. The summed E-state index contributed by atoms with van der Waals surface area (Å²) in [6.07, 6.45) is 0. The van der Waals surface area contributed by atoms with Crippen molar-refractivity contribution in [2.45, 2.75) is 6.92 Å². The quantitative estimate of drug-likeness (QED) is 0.829. The highest BCUT2D eigenvalue weighted by Gasteiger charge is 2.10. The number of halogens is 1. The summed E-state index contributed by atoms with van der Waals surface area (Å²) in [6.45, 7) is 5.47. The van der Waals surface area contributed by atoms with Gasteiger partial charge < -0.3 is 10.4 Å². The van der Waals surface area contributed by atoms with Crippen LogP contribution in [0.25, 0.3) is 0 Å². The predicted molar refractivity (Wildman–Crippen MR) is 60.2 cm³/mol. The van der Waals surface area contributed by atoms with Gasteiger partial charge in [0.1, 0.15) is 5.75 Å². The first-order chi connectivity index (χ1) is 7.00. The number of nitrogens with one attached hydrogen (secondary N) is 1. The monoisotopic (exact) mass is 225 g/mol. The molecule has 0 fully saturated rings. The molecule has 0 saturated heterocycles. The van der Waals surface area contributed by atoms with Crippen LogP contribution >= 0.6 is 11.6 Å². The maximum atomic E-state index is 11.5. The van der Waals surface area contributed by atoms with E-state index in [1.807, 2.05) is 6.92 Å². The molecule has 1 aromatic carbocycles. The highest BCUT2D eigenvalue weighted by atomic mass is 35.5. The molecule has 0 radical (unpaired) electrons. The standard InChI is InChI=1S/C11H12ClNO2/c1-7-3-4-9(10(14)5-7)11(15)13-6-8(2)12/h3-5,14H,2,6H2,1H3,(H,13,15). The second-order valence-corrected chi connectivity index (χ2v) is 3.76. The fourth-order valence-corrected chi connectivity index (χ4v) is 1.17. The van der Waals surface area contributed by atoms with Gasteiger partial charge in [-0.05, 0) is 24.6 Å². The molecule has 0 saturated carbocycles. The molecule has 15 heavy (non-hydrogen) atoms. The van der Waals surface area contributed by atoms with Gasteiger partial charge in [-0.25, -0.2) is 0 Å². The second kappa shape index (κ2) is 4.84. The fourth-order valence-electron chi connectivity index (χ4n) is 1.11. The first kappa shape index (κ1) is 11.6. The highest BCUT2D eigenvalue weighted by Crippen LogP contribution is 2.18. The van der Waals surface area contributed by atoms with Crippen molar-refractivity contribution in [1.29, 1.82) is 0 Å². The molecule has 0 aromatic heterocycles. The van der Waals surface area contributed by atoms with Gasteiger partial charge in [-0.15, -0.1) is 0 Å². The van der Waals surface area contributed by atoms with Crippen LogP contribution in [-0.4, -0.2) is 17.6 Å². The molecule has 3 nitrogen and oxygen atoms in total. The highest BCUT2D eigenvalue weighted by molar-refractivity contribution is 6.29. The van der Waals surface area contributed by atoms with E-state index in [2.05, 4.69) is 11.9 Å². The minimum absolute atomic E-state index is 0.0346. The molecule has 0 heterocycles. The molecule has 2 N–H and O–H groups in total. The fraction of sp³-hybridized carbons (Fsp3) is 0.182. The van der Waals surface area contributed by atoms with Crippen LogP contribution in [0.2, 0.25) is 0 Å². The van der Waals surface area contributed by atoms with Crippen LogP contribution in [0.15, 0.2) is 29.8 Å². The third kappa shape index (κ3) is 3.29. The van der Waals surface area contributed by atoms with E-state index in [0.29, 0.717) is 5.03 Å². The van der Waals surface area contributed by atoms with E-state index in [0.717, 1.165) is 5.56 Å². The molecule has 0 bridgehead atoms. The first-order valence-electron chi connectivity index (χ1n) is 4.42. The smallest absolute Gasteiger partial charge is 0.255 e. The number of phenols is 1. The number of rotatable bonds is 3.